The fourth-order valence-electron chi connectivity index (χ4n) is 1.37. The molecule has 0 saturated carbocycles. The number of hydrogen-bond acceptors (Lipinski definition) is 4. The molecule has 0 aromatic heterocycles. The summed E-state index contributed by atoms with van der Waals surface area (Å²) >= 11 is 0. The van der Waals surface area contributed by atoms with Gasteiger partial charge in [0.05, 0.1) is 0 Å². The lowest BCUT2D eigenvalue weighted by Gasteiger charge is -2.10. The lowest BCUT2D eigenvalue weighted by molar-refractivity contribution is -0.125. The Hall–Kier alpha value is -2.78. The molecule has 0 atom stereocenters. The molecule has 0 aliphatic carbocycles. The Balaban J connectivity index is 2.35. The van der Waals surface area contributed by atoms with E-state index in [1.807, 2.05) is 0 Å². The molecule has 0 bridgehead atoms. The number of benzene rings is 1. The molecule has 1 rings (SSSR count). The second-order valence-electron chi connectivity index (χ2n) is 4.34. The number of alkyl halides is 3. The predicted octanol–water partition coefficient (Wildman–Crippen LogP) is 1.41. The van der Waals surface area contributed by atoms with Crippen LogP contribution in [0.4, 0.5) is 23.7 Å². The highest BCUT2D eigenvalue weighted by atomic mass is 19.4. The number of amides is 4. The van der Waals surface area contributed by atoms with Gasteiger partial charge in [0.1, 0.15) is 12.3 Å². The zero-order valence-corrected chi connectivity index (χ0v) is 12.0. The van der Waals surface area contributed by atoms with Crippen molar-refractivity contribution in [3.05, 3.63) is 24.3 Å². The fraction of sp³-hybridized carbons (Fsp3) is 0.308. The van der Waals surface area contributed by atoms with Gasteiger partial charge in [-0.15, -0.1) is 0 Å². The number of carbonyl (C=O) groups is 3. The van der Waals surface area contributed by atoms with Crippen molar-refractivity contribution in [1.82, 2.24) is 10.6 Å². The topological polar surface area (TPSA) is 96.5 Å². The summed E-state index contributed by atoms with van der Waals surface area (Å²) in [5, 5.41) is 5.71. The molecule has 3 N–H and O–H groups in total. The molecule has 1 aromatic carbocycles. The monoisotopic (exact) mass is 333 g/mol. The average molecular weight is 333 g/mol. The van der Waals surface area contributed by atoms with Crippen LogP contribution < -0.4 is 20.7 Å². The minimum Gasteiger partial charge on any atom is -0.484 e. The third-order valence-corrected chi connectivity index (χ3v) is 2.25. The first-order chi connectivity index (χ1) is 10.7. The van der Waals surface area contributed by atoms with Crippen molar-refractivity contribution in [3.63, 3.8) is 0 Å². The van der Waals surface area contributed by atoms with Crippen LogP contribution in [-0.2, 0) is 9.59 Å². The highest BCUT2D eigenvalue weighted by Crippen LogP contribution is 2.15. The number of hydrogen-bond donors (Lipinski definition) is 3. The first kappa shape index (κ1) is 18.3. The Morgan fingerprint density at radius 2 is 1.74 bits per heavy atom. The van der Waals surface area contributed by atoms with E-state index in [0.717, 1.165) is 0 Å². The van der Waals surface area contributed by atoms with Gasteiger partial charge in [-0.1, -0.05) is 0 Å². The second-order valence-corrected chi connectivity index (χ2v) is 4.34. The SMILES string of the molecule is CC(=O)Nc1ccc(OCC(=O)NC(=O)NCC(F)(F)F)cc1. The molecular formula is C13H14F3N3O4. The molecule has 0 radical (unpaired) electrons. The van der Waals surface area contributed by atoms with Crippen LogP contribution in [0.2, 0.25) is 0 Å². The zero-order valence-electron chi connectivity index (χ0n) is 12.0. The molecule has 126 valence electrons. The maximum Gasteiger partial charge on any atom is 0.405 e. The summed E-state index contributed by atoms with van der Waals surface area (Å²) in [5.41, 5.74) is 0.529. The maximum atomic E-state index is 11.9. The van der Waals surface area contributed by atoms with E-state index in [-0.39, 0.29) is 11.7 Å². The van der Waals surface area contributed by atoms with Gasteiger partial charge < -0.3 is 15.4 Å². The Morgan fingerprint density at radius 1 is 1.13 bits per heavy atom. The summed E-state index contributed by atoms with van der Waals surface area (Å²) in [6.07, 6.45) is -4.56. The van der Waals surface area contributed by atoms with Gasteiger partial charge in [0.15, 0.2) is 6.61 Å². The second kappa shape index (κ2) is 8.01. The summed E-state index contributed by atoms with van der Waals surface area (Å²) in [6.45, 7) is -0.755. The number of halogens is 3. The molecule has 0 unspecified atom stereocenters. The van der Waals surface area contributed by atoms with E-state index in [4.69, 9.17) is 4.74 Å². The summed E-state index contributed by atoms with van der Waals surface area (Å²) in [6, 6.07) is 4.75. The van der Waals surface area contributed by atoms with E-state index in [2.05, 4.69) is 5.32 Å². The summed E-state index contributed by atoms with van der Waals surface area (Å²) in [4.78, 5) is 33.2. The zero-order chi connectivity index (χ0) is 17.5. The molecule has 0 spiro atoms. The van der Waals surface area contributed by atoms with Gasteiger partial charge in [-0.25, -0.2) is 4.79 Å². The number of ether oxygens (including phenoxy) is 1. The van der Waals surface area contributed by atoms with Crippen LogP contribution in [-0.4, -0.2) is 37.2 Å². The first-order valence-corrected chi connectivity index (χ1v) is 6.30. The molecule has 10 heteroatoms. The van der Waals surface area contributed by atoms with Crippen molar-refractivity contribution in [3.8, 4) is 5.75 Å². The van der Waals surface area contributed by atoms with Crippen LogP contribution in [0.25, 0.3) is 0 Å². The predicted molar refractivity (Wildman–Crippen MR) is 73.8 cm³/mol. The van der Waals surface area contributed by atoms with Crippen LogP contribution in [0, 0.1) is 0 Å². The molecule has 0 aliphatic heterocycles. The Labute approximate surface area is 129 Å². The normalized spacial score (nSPS) is 10.6. The van der Waals surface area contributed by atoms with Crippen molar-refractivity contribution < 1.29 is 32.3 Å². The van der Waals surface area contributed by atoms with Gasteiger partial charge in [-0.3, -0.25) is 14.9 Å². The van der Waals surface area contributed by atoms with Crippen molar-refractivity contribution in [1.29, 1.82) is 0 Å². The quantitative estimate of drug-likeness (QED) is 0.759. The minimum absolute atomic E-state index is 0.247. The molecule has 0 heterocycles. The molecular weight excluding hydrogens is 319 g/mol. The maximum absolute atomic E-state index is 11.9. The van der Waals surface area contributed by atoms with Crippen molar-refractivity contribution in [2.45, 2.75) is 13.1 Å². The third kappa shape index (κ3) is 8.29. The van der Waals surface area contributed by atoms with Gasteiger partial charge in [0.25, 0.3) is 5.91 Å². The first-order valence-electron chi connectivity index (χ1n) is 6.30. The largest absolute Gasteiger partial charge is 0.484 e. The Morgan fingerprint density at radius 3 is 2.26 bits per heavy atom. The molecule has 1 aromatic rings. The van der Waals surface area contributed by atoms with Gasteiger partial charge in [-0.2, -0.15) is 13.2 Å². The molecule has 0 fully saturated rings. The third-order valence-electron chi connectivity index (χ3n) is 2.25. The standard InChI is InChI=1S/C13H14F3N3O4/c1-8(20)18-9-2-4-10(5-3-9)23-6-11(21)19-12(22)17-7-13(14,15)16/h2-5H,6-7H2,1H3,(H,18,20)(H2,17,19,21,22). The number of imide groups is 1. The Bertz CT molecular complexity index is 573. The number of rotatable bonds is 5. The van der Waals surface area contributed by atoms with Gasteiger partial charge in [0, 0.05) is 12.6 Å². The van der Waals surface area contributed by atoms with Crippen LogP contribution in [0.15, 0.2) is 24.3 Å². The summed E-state index contributed by atoms with van der Waals surface area (Å²) in [5.74, 6) is -0.872. The van der Waals surface area contributed by atoms with Crippen LogP contribution >= 0.6 is 0 Å². The number of anilines is 1. The van der Waals surface area contributed by atoms with Crippen LogP contribution in [0.3, 0.4) is 0 Å². The number of urea groups is 1. The average Bonchev–Trinajstić information content (AvgIpc) is 2.43. The van der Waals surface area contributed by atoms with E-state index in [1.54, 1.807) is 5.32 Å². The highest BCUT2D eigenvalue weighted by molar-refractivity contribution is 5.95. The lowest BCUT2D eigenvalue weighted by atomic mass is 10.3. The number of nitrogens with one attached hydrogen (secondary N) is 3. The van der Waals surface area contributed by atoms with Crippen molar-refractivity contribution in [2.75, 3.05) is 18.5 Å². The molecule has 7 nitrogen and oxygen atoms in total. The van der Waals surface area contributed by atoms with E-state index >= 15 is 0 Å². The van der Waals surface area contributed by atoms with Gasteiger partial charge in [0.2, 0.25) is 5.91 Å². The van der Waals surface area contributed by atoms with Gasteiger partial charge in [-0.05, 0) is 24.3 Å². The molecule has 23 heavy (non-hydrogen) atoms. The lowest BCUT2D eigenvalue weighted by Crippen LogP contribution is -2.44. The summed E-state index contributed by atoms with van der Waals surface area (Å²) < 4.78 is 40.6. The van der Waals surface area contributed by atoms with E-state index < -0.39 is 31.3 Å². The molecule has 0 saturated heterocycles. The van der Waals surface area contributed by atoms with E-state index in [9.17, 15) is 27.6 Å². The van der Waals surface area contributed by atoms with Gasteiger partial charge >= 0.3 is 12.2 Å². The number of carbonyl (C=O) groups excluding carboxylic acids is 3. The summed E-state index contributed by atoms with van der Waals surface area (Å²) in [7, 11) is 0. The van der Waals surface area contributed by atoms with Crippen molar-refractivity contribution >= 4 is 23.5 Å². The highest BCUT2D eigenvalue weighted by Gasteiger charge is 2.27. The van der Waals surface area contributed by atoms with Crippen LogP contribution in [0.1, 0.15) is 6.92 Å². The molecule has 4 amide bonds. The Kier molecular flexibility index (Phi) is 6.36. The smallest absolute Gasteiger partial charge is 0.405 e. The fourth-order valence-corrected chi connectivity index (χ4v) is 1.37. The van der Waals surface area contributed by atoms with Crippen LogP contribution in [0.5, 0.6) is 5.75 Å². The minimum atomic E-state index is -4.56. The van der Waals surface area contributed by atoms with Crippen molar-refractivity contribution in [2.24, 2.45) is 0 Å². The van der Waals surface area contributed by atoms with E-state index in [1.165, 1.54) is 36.5 Å². The van der Waals surface area contributed by atoms with E-state index in [0.29, 0.717) is 5.69 Å². The molecule has 0 aliphatic rings.